The van der Waals surface area contributed by atoms with Crippen LogP contribution in [0.3, 0.4) is 0 Å². The fourth-order valence-corrected chi connectivity index (χ4v) is 1.64. The summed E-state index contributed by atoms with van der Waals surface area (Å²) in [7, 11) is 0. The minimum atomic E-state index is -0.0810. The number of rotatable bonds is 3. The van der Waals surface area contributed by atoms with E-state index in [1.165, 1.54) is 5.56 Å². The molecule has 0 aliphatic carbocycles. The lowest BCUT2D eigenvalue weighted by Crippen LogP contribution is -2.05. The number of para-hydroxylation sites is 1. The third-order valence-electron chi connectivity index (χ3n) is 2.60. The third kappa shape index (κ3) is 1.97. The molecule has 4 nitrogen and oxygen atoms in total. The Morgan fingerprint density at radius 2 is 2.12 bits per heavy atom. The van der Waals surface area contributed by atoms with E-state index in [4.69, 9.17) is 5.73 Å². The summed E-state index contributed by atoms with van der Waals surface area (Å²) < 4.78 is 1.79. The van der Waals surface area contributed by atoms with Crippen LogP contribution in [-0.4, -0.2) is 15.0 Å². The van der Waals surface area contributed by atoms with Crippen molar-refractivity contribution in [3.05, 3.63) is 41.7 Å². The summed E-state index contributed by atoms with van der Waals surface area (Å²) >= 11 is 0. The molecule has 16 heavy (non-hydrogen) atoms. The fraction of sp³-hybridized carbons (Fsp3) is 0.333. The summed E-state index contributed by atoms with van der Waals surface area (Å²) in [4.78, 5) is 0. The highest BCUT2D eigenvalue weighted by atomic mass is 15.4. The van der Waals surface area contributed by atoms with E-state index in [9.17, 15) is 0 Å². The van der Waals surface area contributed by atoms with E-state index in [0.717, 1.165) is 17.8 Å². The first kappa shape index (κ1) is 10.8. The molecule has 1 aromatic carbocycles. The van der Waals surface area contributed by atoms with Gasteiger partial charge in [0.1, 0.15) is 0 Å². The molecule has 1 heterocycles. The van der Waals surface area contributed by atoms with E-state index >= 15 is 0 Å². The molecule has 0 bridgehead atoms. The monoisotopic (exact) mass is 216 g/mol. The van der Waals surface area contributed by atoms with Gasteiger partial charge in [-0.2, -0.15) is 0 Å². The molecule has 0 aliphatic heterocycles. The van der Waals surface area contributed by atoms with E-state index in [1.807, 2.05) is 31.3 Å². The Hall–Kier alpha value is -1.68. The van der Waals surface area contributed by atoms with Crippen LogP contribution < -0.4 is 5.73 Å². The van der Waals surface area contributed by atoms with Gasteiger partial charge in [0, 0.05) is 6.04 Å². The molecular weight excluding hydrogens is 200 g/mol. The van der Waals surface area contributed by atoms with Crippen molar-refractivity contribution in [1.82, 2.24) is 15.0 Å². The summed E-state index contributed by atoms with van der Waals surface area (Å²) in [6.45, 7) is 4.03. The van der Waals surface area contributed by atoms with E-state index in [0.29, 0.717) is 0 Å². The molecule has 1 aromatic heterocycles. The summed E-state index contributed by atoms with van der Waals surface area (Å²) in [5, 5.41) is 8.16. The van der Waals surface area contributed by atoms with Crippen LogP contribution in [0.25, 0.3) is 5.69 Å². The molecule has 0 saturated heterocycles. The normalized spacial score (nSPS) is 12.7. The van der Waals surface area contributed by atoms with E-state index in [-0.39, 0.29) is 6.04 Å². The molecule has 0 radical (unpaired) electrons. The van der Waals surface area contributed by atoms with Crippen molar-refractivity contribution in [3.63, 3.8) is 0 Å². The van der Waals surface area contributed by atoms with Gasteiger partial charge in [-0.1, -0.05) is 30.3 Å². The lowest BCUT2D eigenvalue weighted by atomic mass is 10.1. The molecule has 1 unspecified atom stereocenters. The predicted octanol–water partition coefficient (Wildman–Crippen LogP) is 1.85. The average molecular weight is 216 g/mol. The number of benzene rings is 1. The van der Waals surface area contributed by atoms with Gasteiger partial charge in [-0.25, -0.2) is 4.68 Å². The fourth-order valence-electron chi connectivity index (χ4n) is 1.64. The van der Waals surface area contributed by atoms with Crippen LogP contribution in [0.5, 0.6) is 0 Å². The van der Waals surface area contributed by atoms with Crippen LogP contribution in [0.2, 0.25) is 0 Å². The maximum Gasteiger partial charge on any atom is 0.0995 e. The minimum Gasteiger partial charge on any atom is -0.323 e. The van der Waals surface area contributed by atoms with Gasteiger partial charge < -0.3 is 5.73 Å². The second-order valence-corrected chi connectivity index (χ2v) is 3.86. The Morgan fingerprint density at radius 3 is 2.75 bits per heavy atom. The standard InChI is InChI=1S/C12H16N4/c1-3-10-6-4-5-7-12(10)16-8-11(9(2)13)14-15-16/h4-9H,3,13H2,1-2H3. The van der Waals surface area contributed by atoms with Crippen LogP contribution in [0.1, 0.15) is 31.1 Å². The highest BCUT2D eigenvalue weighted by Gasteiger charge is 2.08. The molecule has 2 N–H and O–H groups in total. The number of aryl methyl sites for hydroxylation is 1. The molecule has 2 aromatic rings. The van der Waals surface area contributed by atoms with Crippen molar-refractivity contribution in [2.75, 3.05) is 0 Å². The zero-order valence-electron chi connectivity index (χ0n) is 9.59. The molecule has 1 atom stereocenters. The van der Waals surface area contributed by atoms with Gasteiger partial charge in [0.15, 0.2) is 0 Å². The van der Waals surface area contributed by atoms with Crippen molar-refractivity contribution in [2.45, 2.75) is 26.3 Å². The highest BCUT2D eigenvalue weighted by molar-refractivity contribution is 5.40. The molecule has 4 heteroatoms. The lowest BCUT2D eigenvalue weighted by Gasteiger charge is -2.05. The zero-order valence-corrected chi connectivity index (χ0v) is 9.59. The van der Waals surface area contributed by atoms with Crippen LogP contribution in [-0.2, 0) is 6.42 Å². The SMILES string of the molecule is CCc1ccccc1-n1cc(C(C)N)nn1. The summed E-state index contributed by atoms with van der Waals surface area (Å²) in [6, 6.07) is 8.09. The molecule has 84 valence electrons. The Kier molecular flexibility index (Phi) is 3.01. The molecular formula is C12H16N4. The Morgan fingerprint density at radius 1 is 1.38 bits per heavy atom. The number of nitrogens with zero attached hydrogens (tertiary/aromatic N) is 3. The Bertz CT molecular complexity index is 473. The maximum atomic E-state index is 5.76. The first-order valence-electron chi connectivity index (χ1n) is 5.48. The second kappa shape index (κ2) is 4.45. The van der Waals surface area contributed by atoms with Crippen molar-refractivity contribution >= 4 is 0 Å². The molecule has 0 fully saturated rings. The lowest BCUT2D eigenvalue weighted by molar-refractivity contribution is 0.754. The molecule has 0 saturated carbocycles. The van der Waals surface area contributed by atoms with Crippen molar-refractivity contribution < 1.29 is 0 Å². The number of hydrogen-bond acceptors (Lipinski definition) is 3. The Balaban J connectivity index is 2.42. The summed E-state index contributed by atoms with van der Waals surface area (Å²) in [5.74, 6) is 0. The van der Waals surface area contributed by atoms with Gasteiger partial charge in [-0.3, -0.25) is 0 Å². The van der Waals surface area contributed by atoms with Crippen molar-refractivity contribution in [3.8, 4) is 5.69 Å². The van der Waals surface area contributed by atoms with E-state index < -0.39 is 0 Å². The van der Waals surface area contributed by atoms with Crippen molar-refractivity contribution in [2.24, 2.45) is 5.73 Å². The van der Waals surface area contributed by atoms with Crippen molar-refractivity contribution in [1.29, 1.82) is 0 Å². The van der Waals surface area contributed by atoms with Gasteiger partial charge in [-0.15, -0.1) is 5.10 Å². The smallest absolute Gasteiger partial charge is 0.0995 e. The van der Waals surface area contributed by atoms with Gasteiger partial charge in [0.2, 0.25) is 0 Å². The van der Waals surface area contributed by atoms with E-state index in [1.54, 1.807) is 4.68 Å². The van der Waals surface area contributed by atoms with Crippen LogP contribution in [0.15, 0.2) is 30.5 Å². The second-order valence-electron chi connectivity index (χ2n) is 3.86. The average Bonchev–Trinajstić information content (AvgIpc) is 2.78. The topological polar surface area (TPSA) is 56.7 Å². The summed E-state index contributed by atoms with van der Waals surface area (Å²) in [6.07, 6.45) is 2.86. The molecule has 0 aliphatic rings. The predicted molar refractivity (Wildman–Crippen MR) is 63.3 cm³/mol. The van der Waals surface area contributed by atoms with Crippen LogP contribution in [0.4, 0.5) is 0 Å². The first-order chi connectivity index (χ1) is 7.72. The first-order valence-corrected chi connectivity index (χ1v) is 5.48. The molecule has 2 rings (SSSR count). The summed E-state index contributed by atoms with van der Waals surface area (Å²) in [5.41, 5.74) is 8.90. The van der Waals surface area contributed by atoms with E-state index in [2.05, 4.69) is 23.3 Å². The number of nitrogens with two attached hydrogens (primary N) is 1. The third-order valence-corrected chi connectivity index (χ3v) is 2.60. The largest absolute Gasteiger partial charge is 0.323 e. The van der Waals surface area contributed by atoms with Gasteiger partial charge >= 0.3 is 0 Å². The van der Waals surface area contributed by atoms with Crippen LogP contribution >= 0.6 is 0 Å². The maximum absolute atomic E-state index is 5.76. The zero-order chi connectivity index (χ0) is 11.5. The Labute approximate surface area is 95.1 Å². The van der Waals surface area contributed by atoms with Gasteiger partial charge in [-0.05, 0) is 25.0 Å². The minimum absolute atomic E-state index is 0.0810. The molecule has 0 amide bonds. The van der Waals surface area contributed by atoms with Crippen LogP contribution in [0, 0.1) is 0 Å². The van der Waals surface area contributed by atoms with Gasteiger partial charge in [0.05, 0.1) is 17.6 Å². The van der Waals surface area contributed by atoms with Gasteiger partial charge in [0.25, 0.3) is 0 Å². The number of hydrogen-bond donors (Lipinski definition) is 1. The number of aromatic nitrogens is 3. The quantitative estimate of drug-likeness (QED) is 0.851. The molecule has 0 spiro atoms. The highest BCUT2D eigenvalue weighted by Crippen LogP contribution is 2.15.